The third kappa shape index (κ3) is 7.00. The standard InChI is InChI=1S/C26H33N5O8/c1-4-37-20-13-17(24-23(25(33)35-3)16(2)28-26(34)29-24)5-7-19(20)38-15-21(32)30-27-14-18-6-8-22(39-18)31-9-11-36-12-10-31/h5-8,13-14,21,24,30,32H,4,9-12,15H2,1-3H3,(H2,28,29,34)/b27-14-/t21-,24-/m1/s1. The first-order chi connectivity index (χ1) is 18.9. The molecule has 1 saturated heterocycles. The highest BCUT2D eigenvalue weighted by Gasteiger charge is 2.32. The highest BCUT2D eigenvalue weighted by Crippen LogP contribution is 2.35. The van der Waals surface area contributed by atoms with E-state index >= 15 is 0 Å². The number of carbonyl (C=O) groups is 2. The van der Waals surface area contributed by atoms with Crippen LogP contribution in [0, 0.1) is 0 Å². The number of benzene rings is 1. The Morgan fingerprint density at radius 2 is 2.05 bits per heavy atom. The number of urea groups is 1. The van der Waals surface area contributed by atoms with E-state index in [0.717, 1.165) is 19.0 Å². The number of anilines is 1. The molecule has 39 heavy (non-hydrogen) atoms. The van der Waals surface area contributed by atoms with Crippen molar-refractivity contribution in [2.24, 2.45) is 5.10 Å². The number of methoxy groups -OCH3 is 1. The van der Waals surface area contributed by atoms with Gasteiger partial charge in [-0.15, -0.1) is 0 Å². The molecule has 0 spiro atoms. The van der Waals surface area contributed by atoms with Crippen LogP contribution in [0.25, 0.3) is 0 Å². The van der Waals surface area contributed by atoms with Crippen molar-refractivity contribution in [3.8, 4) is 11.5 Å². The molecule has 13 nitrogen and oxygen atoms in total. The number of hydrogen-bond acceptors (Lipinski definition) is 11. The molecule has 3 heterocycles. The van der Waals surface area contributed by atoms with E-state index in [0.29, 0.717) is 48.3 Å². The predicted molar refractivity (Wildman–Crippen MR) is 141 cm³/mol. The van der Waals surface area contributed by atoms with Crippen molar-refractivity contribution in [1.29, 1.82) is 0 Å². The van der Waals surface area contributed by atoms with Gasteiger partial charge in [-0.1, -0.05) is 6.07 Å². The van der Waals surface area contributed by atoms with Gasteiger partial charge in [0.15, 0.2) is 23.6 Å². The van der Waals surface area contributed by atoms with Crippen LogP contribution in [0.3, 0.4) is 0 Å². The van der Waals surface area contributed by atoms with Crippen LogP contribution in [0.4, 0.5) is 10.7 Å². The number of aliphatic hydroxyl groups excluding tert-OH is 1. The Hall–Kier alpha value is -4.23. The van der Waals surface area contributed by atoms with Crippen molar-refractivity contribution in [2.45, 2.75) is 26.1 Å². The SMILES string of the molecule is CCOc1cc([C@H]2NC(=O)NC(C)=C2C(=O)OC)ccc1OC[C@@H](O)N/N=C\c1ccc(N2CCOCC2)o1. The first-order valence-corrected chi connectivity index (χ1v) is 12.5. The molecule has 1 aromatic carbocycles. The minimum Gasteiger partial charge on any atom is -0.490 e. The number of ether oxygens (including phenoxy) is 4. The fourth-order valence-electron chi connectivity index (χ4n) is 4.17. The smallest absolute Gasteiger partial charge is 0.337 e. The maximum absolute atomic E-state index is 12.4. The summed E-state index contributed by atoms with van der Waals surface area (Å²) in [6, 6.07) is 7.49. The van der Waals surface area contributed by atoms with Gasteiger partial charge in [0, 0.05) is 24.9 Å². The largest absolute Gasteiger partial charge is 0.490 e. The summed E-state index contributed by atoms with van der Waals surface area (Å²) in [7, 11) is 1.28. The summed E-state index contributed by atoms with van der Waals surface area (Å²) in [5, 5.41) is 19.7. The van der Waals surface area contributed by atoms with Crippen LogP contribution in [0.2, 0.25) is 0 Å². The van der Waals surface area contributed by atoms with Crippen LogP contribution >= 0.6 is 0 Å². The fourth-order valence-corrected chi connectivity index (χ4v) is 4.17. The van der Waals surface area contributed by atoms with Crippen LogP contribution < -0.4 is 30.4 Å². The summed E-state index contributed by atoms with van der Waals surface area (Å²) >= 11 is 0. The van der Waals surface area contributed by atoms with Crippen LogP contribution in [-0.4, -0.2) is 76.2 Å². The average molecular weight is 544 g/mol. The fraction of sp³-hybridized carbons (Fsp3) is 0.423. The zero-order valence-corrected chi connectivity index (χ0v) is 22.1. The van der Waals surface area contributed by atoms with Gasteiger partial charge in [0.2, 0.25) is 0 Å². The minimum absolute atomic E-state index is 0.134. The van der Waals surface area contributed by atoms with E-state index in [1.54, 1.807) is 31.2 Å². The van der Waals surface area contributed by atoms with E-state index in [2.05, 4.69) is 26.1 Å². The van der Waals surface area contributed by atoms with E-state index in [1.165, 1.54) is 13.3 Å². The second-order valence-electron chi connectivity index (χ2n) is 8.69. The number of furan rings is 1. The number of allylic oxidation sites excluding steroid dienone is 1. The van der Waals surface area contributed by atoms with Crippen molar-refractivity contribution in [3.63, 3.8) is 0 Å². The van der Waals surface area contributed by atoms with Crippen molar-refractivity contribution >= 4 is 24.1 Å². The first kappa shape index (κ1) is 27.8. The Balaban J connectivity index is 1.37. The van der Waals surface area contributed by atoms with E-state index < -0.39 is 24.3 Å². The van der Waals surface area contributed by atoms with Gasteiger partial charge in [-0.3, -0.25) is 5.43 Å². The molecule has 2 aliphatic heterocycles. The van der Waals surface area contributed by atoms with Gasteiger partial charge in [-0.25, -0.2) is 9.59 Å². The summed E-state index contributed by atoms with van der Waals surface area (Å²) in [6.45, 7) is 6.50. The molecule has 1 aromatic heterocycles. The second kappa shape index (κ2) is 13.0. The van der Waals surface area contributed by atoms with E-state index in [-0.39, 0.29) is 12.2 Å². The van der Waals surface area contributed by atoms with Crippen molar-refractivity contribution in [2.75, 3.05) is 51.5 Å². The zero-order valence-electron chi connectivity index (χ0n) is 22.1. The summed E-state index contributed by atoms with van der Waals surface area (Å²) in [5.74, 6) is 1.46. The number of aliphatic hydroxyl groups is 1. The molecule has 2 aromatic rings. The maximum atomic E-state index is 12.4. The molecule has 13 heteroatoms. The molecule has 0 bridgehead atoms. The van der Waals surface area contributed by atoms with Crippen molar-refractivity contribution in [3.05, 3.63) is 52.9 Å². The monoisotopic (exact) mass is 543 g/mol. The normalized spacial score (nSPS) is 18.4. The zero-order chi connectivity index (χ0) is 27.8. The van der Waals surface area contributed by atoms with E-state index in [4.69, 9.17) is 23.4 Å². The predicted octanol–water partition coefficient (Wildman–Crippen LogP) is 1.64. The summed E-state index contributed by atoms with van der Waals surface area (Å²) < 4.78 is 27.5. The summed E-state index contributed by atoms with van der Waals surface area (Å²) in [6.07, 6.45) is 0.347. The third-order valence-electron chi connectivity index (χ3n) is 6.02. The number of rotatable bonds is 11. The van der Waals surface area contributed by atoms with Crippen LogP contribution in [0.5, 0.6) is 11.5 Å². The lowest BCUT2D eigenvalue weighted by atomic mass is 9.95. The highest BCUT2D eigenvalue weighted by molar-refractivity contribution is 5.95. The van der Waals surface area contributed by atoms with Crippen LogP contribution in [0.15, 0.2) is 51.1 Å². The number of nitrogens with zero attached hydrogens (tertiary/aromatic N) is 2. The number of esters is 1. The average Bonchev–Trinajstić information content (AvgIpc) is 3.41. The molecule has 2 amide bonds. The number of amides is 2. The highest BCUT2D eigenvalue weighted by atomic mass is 16.5. The molecule has 0 radical (unpaired) electrons. The van der Waals surface area contributed by atoms with E-state index in [9.17, 15) is 14.7 Å². The molecule has 4 rings (SSSR count). The molecular weight excluding hydrogens is 510 g/mol. The van der Waals surface area contributed by atoms with Gasteiger partial charge >= 0.3 is 12.0 Å². The van der Waals surface area contributed by atoms with Crippen molar-refractivity contribution in [1.82, 2.24) is 16.1 Å². The molecule has 0 aliphatic carbocycles. The lowest BCUT2D eigenvalue weighted by Gasteiger charge is -2.28. The molecule has 0 saturated carbocycles. The Morgan fingerprint density at radius 1 is 1.26 bits per heavy atom. The lowest BCUT2D eigenvalue weighted by molar-refractivity contribution is -0.136. The van der Waals surface area contributed by atoms with Gasteiger partial charge in [-0.2, -0.15) is 5.10 Å². The Morgan fingerprint density at radius 3 is 2.79 bits per heavy atom. The number of carbonyl (C=O) groups excluding carboxylic acids is 2. The Bertz CT molecular complexity index is 1220. The number of hydrogen-bond donors (Lipinski definition) is 4. The molecular formula is C26H33N5O8. The lowest BCUT2D eigenvalue weighted by Crippen LogP contribution is -2.45. The van der Waals surface area contributed by atoms with Gasteiger partial charge < -0.3 is 44.0 Å². The summed E-state index contributed by atoms with van der Waals surface area (Å²) in [4.78, 5) is 26.6. The summed E-state index contributed by atoms with van der Waals surface area (Å²) in [5.41, 5.74) is 3.86. The van der Waals surface area contributed by atoms with E-state index in [1.807, 2.05) is 13.0 Å². The molecule has 1 fully saturated rings. The van der Waals surface area contributed by atoms with Gasteiger partial charge in [0.1, 0.15) is 12.4 Å². The third-order valence-corrected chi connectivity index (χ3v) is 6.02. The number of nitrogens with one attached hydrogen (secondary N) is 3. The molecule has 2 aliphatic rings. The molecule has 2 atom stereocenters. The second-order valence-corrected chi connectivity index (χ2v) is 8.69. The molecule has 4 N–H and O–H groups in total. The first-order valence-electron chi connectivity index (χ1n) is 12.5. The van der Waals surface area contributed by atoms with Gasteiger partial charge in [-0.05, 0) is 37.6 Å². The Kier molecular flexibility index (Phi) is 9.28. The molecule has 210 valence electrons. The number of hydrazone groups is 1. The van der Waals surface area contributed by atoms with Crippen molar-refractivity contribution < 1.29 is 38.1 Å². The van der Waals surface area contributed by atoms with Crippen LogP contribution in [-0.2, 0) is 14.3 Å². The Labute approximate surface area is 225 Å². The van der Waals surface area contributed by atoms with Gasteiger partial charge in [0.05, 0.1) is 44.8 Å². The molecule has 0 unspecified atom stereocenters. The topological polar surface area (TPSA) is 156 Å². The van der Waals surface area contributed by atoms with Gasteiger partial charge in [0.25, 0.3) is 0 Å². The minimum atomic E-state index is -1.12. The number of morpholine rings is 1. The quantitative estimate of drug-likeness (QED) is 0.142. The maximum Gasteiger partial charge on any atom is 0.337 e. The van der Waals surface area contributed by atoms with Crippen LogP contribution in [0.1, 0.15) is 31.2 Å².